The number of carbonyl (C=O) groups is 2. The Morgan fingerprint density at radius 3 is 2.62 bits per heavy atom. The zero-order valence-corrected chi connectivity index (χ0v) is 14.8. The van der Waals surface area contributed by atoms with Gasteiger partial charge < -0.3 is 10.2 Å². The van der Waals surface area contributed by atoms with E-state index in [2.05, 4.69) is 29.6 Å². The van der Waals surface area contributed by atoms with Gasteiger partial charge in [-0.15, -0.1) is 0 Å². The largest absolute Gasteiger partial charge is 0.351 e. The molecule has 24 heavy (non-hydrogen) atoms. The summed E-state index contributed by atoms with van der Waals surface area (Å²) in [4.78, 5) is 27.0. The molecular formula is C20H28N2O2. The van der Waals surface area contributed by atoms with Gasteiger partial charge in [-0.1, -0.05) is 38.1 Å². The topological polar surface area (TPSA) is 49.4 Å². The molecule has 0 saturated carbocycles. The van der Waals surface area contributed by atoms with Crippen molar-refractivity contribution in [1.29, 1.82) is 0 Å². The number of nitrogens with one attached hydrogen (secondary N) is 1. The second-order valence-electron chi connectivity index (χ2n) is 7.41. The smallest absolute Gasteiger partial charge is 0.243 e. The van der Waals surface area contributed by atoms with Crippen LogP contribution in [-0.4, -0.2) is 35.3 Å². The molecule has 0 radical (unpaired) electrons. The Morgan fingerprint density at radius 2 is 1.88 bits per heavy atom. The lowest BCUT2D eigenvalue weighted by molar-refractivity contribution is -0.145. The molecule has 0 spiro atoms. The van der Waals surface area contributed by atoms with Crippen LogP contribution in [0.3, 0.4) is 0 Å². The van der Waals surface area contributed by atoms with Crippen molar-refractivity contribution in [3.63, 3.8) is 0 Å². The summed E-state index contributed by atoms with van der Waals surface area (Å²) in [6.07, 6.45) is 5.70. The summed E-state index contributed by atoms with van der Waals surface area (Å²) >= 11 is 0. The molecule has 0 bridgehead atoms. The minimum Gasteiger partial charge on any atom is -0.351 e. The highest BCUT2D eigenvalue weighted by molar-refractivity contribution is 5.88. The standard InChI is InChI=1S/C20H28N2O2/c1-14(2)20(24)22-12-6-5-9-18(22)19(23)21-17-11-10-15-7-3-4-8-16(15)13-17/h3-4,7-8,14,17-18H,5-6,9-13H2,1-2H3,(H,21,23)/t17-,18-/m1/s1. The van der Waals surface area contributed by atoms with Gasteiger partial charge in [0.2, 0.25) is 11.8 Å². The molecule has 1 aliphatic carbocycles. The van der Waals surface area contributed by atoms with Crippen molar-refractivity contribution < 1.29 is 9.59 Å². The first kappa shape index (κ1) is 17.0. The number of hydrogen-bond donors (Lipinski definition) is 1. The van der Waals surface area contributed by atoms with E-state index in [1.807, 2.05) is 13.8 Å². The molecule has 0 unspecified atom stereocenters. The fraction of sp³-hybridized carbons (Fsp3) is 0.600. The lowest BCUT2D eigenvalue weighted by atomic mass is 9.88. The monoisotopic (exact) mass is 328 g/mol. The van der Waals surface area contributed by atoms with E-state index in [1.54, 1.807) is 4.90 Å². The second-order valence-corrected chi connectivity index (χ2v) is 7.41. The van der Waals surface area contributed by atoms with Crippen LogP contribution in [0.2, 0.25) is 0 Å². The van der Waals surface area contributed by atoms with E-state index >= 15 is 0 Å². The summed E-state index contributed by atoms with van der Waals surface area (Å²) in [7, 11) is 0. The highest BCUT2D eigenvalue weighted by Crippen LogP contribution is 2.23. The van der Waals surface area contributed by atoms with Crippen molar-refractivity contribution in [2.45, 2.75) is 64.5 Å². The summed E-state index contributed by atoms with van der Waals surface area (Å²) in [6, 6.07) is 8.37. The van der Waals surface area contributed by atoms with Gasteiger partial charge in [0.25, 0.3) is 0 Å². The molecule has 1 aromatic rings. The zero-order valence-electron chi connectivity index (χ0n) is 14.8. The number of fused-ring (bicyclic) bond motifs is 1. The van der Waals surface area contributed by atoms with Gasteiger partial charge in [-0.2, -0.15) is 0 Å². The summed E-state index contributed by atoms with van der Waals surface area (Å²) in [6.45, 7) is 4.52. The maximum Gasteiger partial charge on any atom is 0.243 e. The van der Waals surface area contributed by atoms with E-state index in [0.717, 1.165) is 38.5 Å². The molecule has 4 heteroatoms. The lowest BCUT2D eigenvalue weighted by Crippen LogP contribution is -2.55. The van der Waals surface area contributed by atoms with Gasteiger partial charge in [0.05, 0.1) is 0 Å². The Balaban J connectivity index is 1.64. The fourth-order valence-corrected chi connectivity index (χ4v) is 3.92. The highest BCUT2D eigenvalue weighted by Gasteiger charge is 2.34. The molecule has 1 aliphatic heterocycles. The third-order valence-electron chi connectivity index (χ3n) is 5.28. The molecule has 130 valence electrons. The van der Waals surface area contributed by atoms with Crippen LogP contribution in [-0.2, 0) is 22.4 Å². The Morgan fingerprint density at radius 1 is 1.12 bits per heavy atom. The van der Waals surface area contributed by atoms with Crippen LogP contribution in [0.1, 0.15) is 50.7 Å². The summed E-state index contributed by atoms with van der Waals surface area (Å²) in [5.74, 6) is 0.0804. The molecule has 0 aromatic heterocycles. The first-order valence-corrected chi connectivity index (χ1v) is 9.24. The molecule has 1 N–H and O–H groups in total. The first-order chi connectivity index (χ1) is 11.6. The molecule has 1 heterocycles. The van der Waals surface area contributed by atoms with Gasteiger partial charge in [0, 0.05) is 18.5 Å². The van der Waals surface area contributed by atoms with E-state index in [4.69, 9.17) is 0 Å². The first-order valence-electron chi connectivity index (χ1n) is 9.24. The Hall–Kier alpha value is -1.84. The maximum absolute atomic E-state index is 12.8. The number of amides is 2. The van der Waals surface area contributed by atoms with Crippen LogP contribution in [0, 0.1) is 5.92 Å². The number of rotatable bonds is 3. The van der Waals surface area contributed by atoms with Crippen molar-refractivity contribution in [3.8, 4) is 0 Å². The summed E-state index contributed by atoms with van der Waals surface area (Å²) in [5.41, 5.74) is 2.74. The number of benzene rings is 1. The molecular weight excluding hydrogens is 300 g/mol. The summed E-state index contributed by atoms with van der Waals surface area (Å²) in [5, 5.41) is 3.22. The SMILES string of the molecule is CC(C)C(=O)N1CCCC[C@@H]1C(=O)N[C@@H]1CCc2ccccc2C1. The molecule has 3 rings (SSSR count). The van der Waals surface area contributed by atoms with E-state index < -0.39 is 0 Å². The minimum absolute atomic E-state index is 0.0353. The zero-order chi connectivity index (χ0) is 17.1. The average molecular weight is 328 g/mol. The Labute approximate surface area is 144 Å². The molecule has 2 atom stereocenters. The van der Waals surface area contributed by atoms with Crippen molar-refractivity contribution in [1.82, 2.24) is 10.2 Å². The minimum atomic E-state index is -0.286. The third kappa shape index (κ3) is 3.63. The number of likely N-dealkylation sites (tertiary alicyclic amines) is 1. The predicted molar refractivity (Wildman–Crippen MR) is 94.6 cm³/mol. The van der Waals surface area contributed by atoms with Gasteiger partial charge in [-0.05, 0) is 49.7 Å². The van der Waals surface area contributed by atoms with Crippen molar-refractivity contribution in [2.75, 3.05) is 6.54 Å². The van der Waals surface area contributed by atoms with Crippen LogP contribution in [0.5, 0.6) is 0 Å². The molecule has 1 fully saturated rings. The Bertz CT molecular complexity index is 611. The highest BCUT2D eigenvalue weighted by atomic mass is 16.2. The van der Waals surface area contributed by atoms with Crippen LogP contribution in [0.4, 0.5) is 0 Å². The number of hydrogen-bond acceptors (Lipinski definition) is 2. The number of nitrogens with zero attached hydrogens (tertiary/aromatic N) is 1. The van der Waals surface area contributed by atoms with Crippen LogP contribution < -0.4 is 5.32 Å². The maximum atomic E-state index is 12.8. The Kier molecular flexibility index (Phi) is 5.22. The van der Waals surface area contributed by atoms with Gasteiger partial charge in [-0.25, -0.2) is 0 Å². The van der Waals surface area contributed by atoms with Crippen LogP contribution >= 0.6 is 0 Å². The lowest BCUT2D eigenvalue weighted by Gasteiger charge is -2.37. The van der Waals surface area contributed by atoms with Crippen molar-refractivity contribution in [3.05, 3.63) is 35.4 Å². The molecule has 2 aliphatic rings. The van der Waals surface area contributed by atoms with E-state index in [1.165, 1.54) is 11.1 Å². The molecule has 1 saturated heterocycles. The molecule has 2 amide bonds. The van der Waals surface area contributed by atoms with Crippen LogP contribution in [0.15, 0.2) is 24.3 Å². The van der Waals surface area contributed by atoms with Gasteiger partial charge in [-0.3, -0.25) is 9.59 Å². The number of aryl methyl sites for hydroxylation is 1. The van der Waals surface area contributed by atoms with E-state index in [-0.39, 0.29) is 29.8 Å². The predicted octanol–water partition coefficient (Wildman–Crippen LogP) is 2.70. The van der Waals surface area contributed by atoms with Gasteiger partial charge in [0.15, 0.2) is 0 Å². The quantitative estimate of drug-likeness (QED) is 0.927. The molecule has 1 aromatic carbocycles. The third-order valence-corrected chi connectivity index (χ3v) is 5.28. The number of piperidine rings is 1. The second kappa shape index (κ2) is 7.37. The molecule has 4 nitrogen and oxygen atoms in total. The van der Waals surface area contributed by atoms with Crippen molar-refractivity contribution in [2.24, 2.45) is 5.92 Å². The van der Waals surface area contributed by atoms with Gasteiger partial charge >= 0.3 is 0 Å². The fourth-order valence-electron chi connectivity index (χ4n) is 3.92. The average Bonchev–Trinajstić information content (AvgIpc) is 2.60. The normalized spacial score (nSPS) is 23.7. The van der Waals surface area contributed by atoms with Crippen molar-refractivity contribution >= 4 is 11.8 Å². The van der Waals surface area contributed by atoms with E-state index in [9.17, 15) is 9.59 Å². The van der Waals surface area contributed by atoms with Gasteiger partial charge in [0.1, 0.15) is 6.04 Å². The van der Waals surface area contributed by atoms with E-state index in [0.29, 0.717) is 6.54 Å². The van der Waals surface area contributed by atoms with Crippen LogP contribution in [0.25, 0.3) is 0 Å². The summed E-state index contributed by atoms with van der Waals surface area (Å²) < 4.78 is 0. The number of carbonyl (C=O) groups excluding carboxylic acids is 2.